The molecule has 1 aromatic carbocycles. The molecule has 2 rings (SSSR count). The van der Waals surface area contributed by atoms with Crippen molar-refractivity contribution in [2.24, 2.45) is 16.6 Å². The number of aliphatic imine (C=N–C) groups is 1. The normalized spacial score (nSPS) is 13.1. The summed E-state index contributed by atoms with van der Waals surface area (Å²) in [4.78, 5) is 20.9. The van der Waals surface area contributed by atoms with Crippen LogP contribution >= 0.6 is 0 Å². The second-order valence-electron chi connectivity index (χ2n) is 7.19. The average molecular weight is 391 g/mol. The molecule has 0 saturated carbocycles. The summed E-state index contributed by atoms with van der Waals surface area (Å²) in [5, 5.41) is 5.17. The molecule has 29 heavy (non-hydrogen) atoms. The maximum atomic E-state index is 12.2. The maximum Gasteiger partial charge on any atom is 0.250 e. The molecule has 2 aromatic rings. The minimum Gasteiger partial charge on any atom is -0.387 e. The second kappa shape index (κ2) is 11.6. The van der Waals surface area contributed by atoms with E-state index in [0.29, 0.717) is 30.3 Å². The van der Waals surface area contributed by atoms with Gasteiger partial charge in [-0.05, 0) is 35.9 Å². The summed E-state index contributed by atoms with van der Waals surface area (Å²) in [5.74, 6) is 0.840. The molecular formula is C24H30N4O. The molecule has 5 nitrogen and oxygen atoms in total. The summed E-state index contributed by atoms with van der Waals surface area (Å²) < 4.78 is 0. The van der Waals surface area contributed by atoms with Crippen LogP contribution in [0.1, 0.15) is 32.9 Å². The van der Waals surface area contributed by atoms with Crippen molar-refractivity contribution < 1.29 is 4.79 Å². The Balaban J connectivity index is 1.94. The number of nitrogens with zero attached hydrogens (tertiary/aromatic N) is 2. The van der Waals surface area contributed by atoms with E-state index < -0.39 is 0 Å². The molecule has 1 aromatic heterocycles. The molecule has 0 aliphatic heterocycles. The number of nitrogens with one attached hydrogen (secondary N) is 1. The molecule has 0 unspecified atom stereocenters. The number of hydrogen-bond acceptors (Lipinski definition) is 3. The minimum absolute atomic E-state index is 0.0596. The summed E-state index contributed by atoms with van der Waals surface area (Å²) in [6, 6.07) is 10.1. The topological polar surface area (TPSA) is 80.4 Å². The van der Waals surface area contributed by atoms with Crippen molar-refractivity contribution in [3.63, 3.8) is 0 Å². The average Bonchev–Trinajstić information content (AvgIpc) is 2.70. The SMILES string of the molecule is CC\C=C(/C=C\C=C\N=C(N)Cc1cc2ccccc2cn1)C(=O)NCC(C)C. The largest absolute Gasteiger partial charge is 0.387 e. The van der Waals surface area contributed by atoms with Crippen molar-refractivity contribution in [1.29, 1.82) is 0 Å². The van der Waals surface area contributed by atoms with Gasteiger partial charge >= 0.3 is 0 Å². The molecule has 0 saturated heterocycles. The van der Waals surface area contributed by atoms with Crippen molar-refractivity contribution in [2.45, 2.75) is 33.6 Å². The zero-order valence-electron chi connectivity index (χ0n) is 17.4. The summed E-state index contributed by atoms with van der Waals surface area (Å²) in [6.07, 6.45) is 12.0. The standard InChI is InChI=1S/C24H30N4O/c1-4-9-19(24(29)28-16-18(2)3)10-7-8-13-26-23(25)15-22-14-20-11-5-6-12-21(20)17-27-22/h5-14,17-18H,4,15-16H2,1-3H3,(H2,25,26)(H,28,29)/b10-7-,13-8+,19-9+. The number of rotatable bonds is 9. The van der Waals surface area contributed by atoms with E-state index in [0.717, 1.165) is 22.9 Å². The fourth-order valence-corrected chi connectivity index (χ4v) is 2.66. The van der Waals surface area contributed by atoms with E-state index in [9.17, 15) is 4.79 Å². The highest BCUT2D eigenvalue weighted by atomic mass is 16.1. The van der Waals surface area contributed by atoms with E-state index in [2.05, 4.69) is 35.2 Å². The van der Waals surface area contributed by atoms with E-state index in [1.165, 1.54) is 0 Å². The van der Waals surface area contributed by atoms with E-state index in [-0.39, 0.29) is 5.91 Å². The number of aromatic nitrogens is 1. The Morgan fingerprint density at radius 3 is 2.72 bits per heavy atom. The van der Waals surface area contributed by atoms with Gasteiger partial charge in [-0.2, -0.15) is 0 Å². The Labute approximate surface area is 173 Å². The van der Waals surface area contributed by atoms with Crippen LogP contribution < -0.4 is 11.1 Å². The summed E-state index contributed by atoms with van der Waals surface area (Å²) in [5.41, 5.74) is 7.54. The molecule has 3 N–H and O–H groups in total. The highest BCUT2D eigenvalue weighted by Gasteiger charge is 2.05. The number of hydrogen-bond donors (Lipinski definition) is 2. The summed E-state index contributed by atoms with van der Waals surface area (Å²) >= 11 is 0. The van der Waals surface area contributed by atoms with Gasteiger partial charge in [-0.3, -0.25) is 9.78 Å². The van der Waals surface area contributed by atoms with Crippen LogP contribution in [0.25, 0.3) is 10.8 Å². The molecule has 0 spiro atoms. The van der Waals surface area contributed by atoms with Crippen LogP contribution in [-0.4, -0.2) is 23.3 Å². The van der Waals surface area contributed by atoms with Crippen LogP contribution in [-0.2, 0) is 11.2 Å². The second-order valence-corrected chi connectivity index (χ2v) is 7.19. The number of benzene rings is 1. The van der Waals surface area contributed by atoms with Gasteiger partial charge in [-0.25, -0.2) is 4.99 Å². The number of allylic oxidation sites excluding steroid dienone is 3. The van der Waals surface area contributed by atoms with E-state index >= 15 is 0 Å². The van der Waals surface area contributed by atoms with Gasteiger partial charge in [0.15, 0.2) is 0 Å². The monoisotopic (exact) mass is 390 g/mol. The first-order valence-corrected chi connectivity index (χ1v) is 9.97. The van der Waals surface area contributed by atoms with E-state index in [4.69, 9.17) is 5.73 Å². The minimum atomic E-state index is -0.0596. The number of amides is 1. The fraction of sp³-hybridized carbons (Fsp3) is 0.292. The van der Waals surface area contributed by atoms with E-state index in [1.807, 2.05) is 43.5 Å². The van der Waals surface area contributed by atoms with Gasteiger partial charge in [0.25, 0.3) is 5.91 Å². The molecule has 0 atom stereocenters. The Bertz CT molecular complexity index is 939. The molecular weight excluding hydrogens is 360 g/mol. The van der Waals surface area contributed by atoms with Crippen molar-refractivity contribution in [3.05, 3.63) is 78.3 Å². The molecule has 0 aliphatic carbocycles. The van der Waals surface area contributed by atoms with Crippen LogP contribution in [0.2, 0.25) is 0 Å². The molecule has 0 fully saturated rings. The van der Waals surface area contributed by atoms with Gasteiger partial charge in [-0.15, -0.1) is 0 Å². The third-order valence-electron chi connectivity index (χ3n) is 4.12. The van der Waals surface area contributed by atoms with Crippen LogP contribution in [0.3, 0.4) is 0 Å². The van der Waals surface area contributed by atoms with Crippen molar-refractivity contribution in [2.75, 3.05) is 6.54 Å². The lowest BCUT2D eigenvalue weighted by atomic mass is 10.1. The van der Waals surface area contributed by atoms with Gasteiger partial charge in [0, 0.05) is 42.0 Å². The molecule has 1 heterocycles. The fourth-order valence-electron chi connectivity index (χ4n) is 2.66. The first-order chi connectivity index (χ1) is 14.0. The van der Waals surface area contributed by atoms with Crippen LogP contribution in [0, 0.1) is 5.92 Å². The lowest BCUT2D eigenvalue weighted by molar-refractivity contribution is -0.117. The quantitative estimate of drug-likeness (QED) is 0.290. The van der Waals surface area contributed by atoms with Crippen LogP contribution in [0.5, 0.6) is 0 Å². The number of amidine groups is 1. The lowest BCUT2D eigenvalue weighted by Gasteiger charge is -2.07. The summed E-state index contributed by atoms with van der Waals surface area (Å²) in [7, 11) is 0. The molecule has 1 amide bonds. The molecule has 0 aliphatic rings. The Morgan fingerprint density at radius 2 is 2.00 bits per heavy atom. The Morgan fingerprint density at radius 1 is 1.24 bits per heavy atom. The lowest BCUT2D eigenvalue weighted by Crippen LogP contribution is -2.28. The van der Waals surface area contributed by atoms with Gasteiger partial charge in [0.2, 0.25) is 0 Å². The molecule has 5 heteroatoms. The van der Waals surface area contributed by atoms with Gasteiger partial charge in [0.1, 0.15) is 5.84 Å². The predicted molar refractivity (Wildman–Crippen MR) is 122 cm³/mol. The number of nitrogens with two attached hydrogens (primary N) is 1. The van der Waals surface area contributed by atoms with Crippen molar-refractivity contribution >= 4 is 22.5 Å². The zero-order chi connectivity index (χ0) is 21.1. The third kappa shape index (κ3) is 7.74. The Kier molecular flexibility index (Phi) is 8.83. The summed E-state index contributed by atoms with van der Waals surface area (Å²) in [6.45, 7) is 6.80. The first kappa shape index (κ1) is 22.1. The zero-order valence-corrected chi connectivity index (χ0v) is 17.4. The maximum absolute atomic E-state index is 12.2. The molecule has 152 valence electrons. The third-order valence-corrected chi connectivity index (χ3v) is 4.12. The predicted octanol–water partition coefficient (Wildman–Crippen LogP) is 4.31. The smallest absolute Gasteiger partial charge is 0.250 e. The van der Waals surface area contributed by atoms with Crippen LogP contribution in [0.4, 0.5) is 0 Å². The molecule has 0 bridgehead atoms. The number of fused-ring (bicyclic) bond motifs is 1. The molecule has 0 radical (unpaired) electrons. The van der Waals surface area contributed by atoms with Crippen molar-refractivity contribution in [3.8, 4) is 0 Å². The van der Waals surface area contributed by atoms with Crippen molar-refractivity contribution in [1.82, 2.24) is 10.3 Å². The number of carbonyl (C=O) groups is 1. The van der Waals surface area contributed by atoms with Crippen LogP contribution in [0.15, 0.2) is 77.6 Å². The van der Waals surface area contributed by atoms with E-state index in [1.54, 1.807) is 24.4 Å². The Hall–Kier alpha value is -3.21. The van der Waals surface area contributed by atoms with Gasteiger partial charge in [0.05, 0.1) is 0 Å². The van der Waals surface area contributed by atoms with Gasteiger partial charge < -0.3 is 11.1 Å². The first-order valence-electron chi connectivity index (χ1n) is 9.97. The number of pyridine rings is 1. The highest BCUT2D eigenvalue weighted by molar-refractivity contribution is 5.96. The van der Waals surface area contributed by atoms with Gasteiger partial charge in [-0.1, -0.05) is 57.2 Å². The highest BCUT2D eigenvalue weighted by Crippen LogP contribution is 2.13. The number of carbonyl (C=O) groups excluding carboxylic acids is 1.